The van der Waals surface area contributed by atoms with Gasteiger partial charge in [0.25, 0.3) is 5.19 Å². The molecule has 1 aliphatic heterocycles. The molecule has 0 bridgehead atoms. The van der Waals surface area contributed by atoms with E-state index in [1.165, 1.54) is 17.4 Å². The number of hydrogen-bond acceptors (Lipinski definition) is 5. The first kappa shape index (κ1) is 10.5. The van der Waals surface area contributed by atoms with Crippen LogP contribution in [-0.2, 0) is 0 Å². The van der Waals surface area contributed by atoms with E-state index < -0.39 is 0 Å². The Labute approximate surface area is 102 Å². The van der Waals surface area contributed by atoms with Crippen LogP contribution >= 0.6 is 11.3 Å². The number of aromatic nitrogens is 2. The van der Waals surface area contributed by atoms with Crippen LogP contribution in [0.4, 0.5) is 10.2 Å². The van der Waals surface area contributed by atoms with Crippen molar-refractivity contribution in [2.24, 2.45) is 0 Å². The molecule has 6 heteroatoms. The van der Waals surface area contributed by atoms with Crippen molar-refractivity contribution in [3.8, 4) is 5.19 Å². The molecule has 2 aromatic rings. The van der Waals surface area contributed by atoms with Crippen molar-refractivity contribution in [1.82, 2.24) is 9.97 Å². The van der Waals surface area contributed by atoms with E-state index in [1.807, 2.05) is 10.3 Å². The molecule has 1 fully saturated rings. The van der Waals surface area contributed by atoms with Gasteiger partial charge in [-0.1, -0.05) is 11.3 Å². The Morgan fingerprint density at radius 1 is 1.35 bits per heavy atom. The highest BCUT2D eigenvalue weighted by Gasteiger charge is 2.31. The van der Waals surface area contributed by atoms with Crippen LogP contribution in [0.25, 0.3) is 0 Å². The van der Waals surface area contributed by atoms with E-state index in [1.54, 1.807) is 18.5 Å². The number of anilines is 1. The molecule has 0 spiro atoms. The smallest absolute Gasteiger partial charge is 0.273 e. The highest BCUT2D eigenvalue weighted by atomic mass is 32.1. The topological polar surface area (TPSA) is 38.2 Å². The third kappa shape index (κ3) is 2.08. The molecule has 17 heavy (non-hydrogen) atoms. The van der Waals surface area contributed by atoms with Gasteiger partial charge in [-0.25, -0.2) is 14.4 Å². The molecule has 0 atom stereocenters. The summed E-state index contributed by atoms with van der Waals surface area (Å²) < 4.78 is 19.0. The van der Waals surface area contributed by atoms with Gasteiger partial charge in [0, 0.05) is 17.8 Å². The van der Waals surface area contributed by atoms with Gasteiger partial charge in [-0.3, -0.25) is 0 Å². The SMILES string of the molecule is Fc1cccnc1N1CC(Oc2nccs2)C1. The molecule has 3 rings (SSSR count). The molecule has 0 saturated carbocycles. The van der Waals surface area contributed by atoms with Crippen molar-refractivity contribution in [2.75, 3.05) is 18.0 Å². The van der Waals surface area contributed by atoms with Gasteiger partial charge in [-0.2, -0.15) is 0 Å². The maximum absolute atomic E-state index is 13.4. The third-order valence-corrected chi connectivity index (χ3v) is 3.22. The monoisotopic (exact) mass is 251 g/mol. The maximum Gasteiger partial charge on any atom is 0.273 e. The molecule has 88 valence electrons. The second-order valence-electron chi connectivity index (χ2n) is 3.75. The standard InChI is InChI=1S/C11H10FN3OS/c12-9-2-1-3-13-10(9)15-6-8(7-15)16-11-14-4-5-17-11/h1-5,8H,6-7H2. The second kappa shape index (κ2) is 4.29. The molecular formula is C11H10FN3OS. The molecule has 0 unspecified atom stereocenters. The summed E-state index contributed by atoms with van der Waals surface area (Å²) >= 11 is 1.46. The van der Waals surface area contributed by atoms with E-state index in [-0.39, 0.29) is 11.9 Å². The highest BCUT2D eigenvalue weighted by Crippen LogP contribution is 2.25. The van der Waals surface area contributed by atoms with Crippen LogP contribution in [0.15, 0.2) is 29.9 Å². The van der Waals surface area contributed by atoms with Crippen molar-refractivity contribution in [1.29, 1.82) is 0 Å². The zero-order valence-corrected chi connectivity index (χ0v) is 9.73. The summed E-state index contributed by atoms with van der Waals surface area (Å²) in [5, 5.41) is 2.53. The maximum atomic E-state index is 13.4. The van der Waals surface area contributed by atoms with Crippen LogP contribution in [0, 0.1) is 5.82 Å². The molecule has 3 heterocycles. The second-order valence-corrected chi connectivity index (χ2v) is 4.61. The lowest BCUT2D eigenvalue weighted by Gasteiger charge is -2.39. The average Bonchev–Trinajstić information content (AvgIpc) is 2.77. The summed E-state index contributed by atoms with van der Waals surface area (Å²) in [5.41, 5.74) is 0. The minimum Gasteiger partial charge on any atom is -0.463 e. The van der Waals surface area contributed by atoms with E-state index in [0.717, 1.165) is 0 Å². The summed E-state index contributed by atoms with van der Waals surface area (Å²) in [7, 11) is 0. The number of pyridine rings is 1. The largest absolute Gasteiger partial charge is 0.463 e. The summed E-state index contributed by atoms with van der Waals surface area (Å²) in [6.07, 6.45) is 3.37. The van der Waals surface area contributed by atoms with Gasteiger partial charge in [0.05, 0.1) is 13.1 Å². The molecule has 4 nitrogen and oxygen atoms in total. The third-order valence-electron chi connectivity index (χ3n) is 2.56. The van der Waals surface area contributed by atoms with Crippen LogP contribution in [-0.4, -0.2) is 29.2 Å². The zero-order valence-electron chi connectivity index (χ0n) is 8.91. The Morgan fingerprint density at radius 2 is 2.24 bits per heavy atom. The predicted molar refractivity (Wildman–Crippen MR) is 62.9 cm³/mol. The van der Waals surface area contributed by atoms with Crippen LogP contribution in [0.1, 0.15) is 0 Å². The lowest BCUT2D eigenvalue weighted by molar-refractivity contribution is 0.165. The molecule has 1 saturated heterocycles. The van der Waals surface area contributed by atoms with Crippen molar-refractivity contribution in [3.05, 3.63) is 35.7 Å². The van der Waals surface area contributed by atoms with E-state index in [2.05, 4.69) is 9.97 Å². The molecule has 0 amide bonds. The van der Waals surface area contributed by atoms with Gasteiger partial charge >= 0.3 is 0 Å². The van der Waals surface area contributed by atoms with E-state index in [9.17, 15) is 4.39 Å². The van der Waals surface area contributed by atoms with Crippen molar-refractivity contribution in [3.63, 3.8) is 0 Å². The molecule has 2 aromatic heterocycles. The number of nitrogens with zero attached hydrogens (tertiary/aromatic N) is 3. The fourth-order valence-corrected chi connectivity index (χ4v) is 2.26. The van der Waals surface area contributed by atoms with Crippen LogP contribution in [0.3, 0.4) is 0 Å². The first-order chi connectivity index (χ1) is 8.33. The van der Waals surface area contributed by atoms with Gasteiger partial charge in [-0.05, 0) is 12.1 Å². The Bertz CT molecular complexity index is 499. The lowest BCUT2D eigenvalue weighted by atomic mass is 10.1. The fourth-order valence-electron chi connectivity index (χ4n) is 1.71. The summed E-state index contributed by atoms with van der Waals surface area (Å²) in [4.78, 5) is 9.91. The first-order valence-electron chi connectivity index (χ1n) is 5.24. The zero-order chi connectivity index (χ0) is 11.7. The van der Waals surface area contributed by atoms with Gasteiger partial charge in [0.1, 0.15) is 6.10 Å². The summed E-state index contributed by atoms with van der Waals surface area (Å²) in [6.45, 7) is 1.29. The minimum absolute atomic E-state index is 0.0718. The molecule has 1 aliphatic rings. The van der Waals surface area contributed by atoms with Crippen molar-refractivity contribution < 1.29 is 9.13 Å². The molecule has 0 radical (unpaired) electrons. The molecular weight excluding hydrogens is 241 g/mol. The quantitative estimate of drug-likeness (QED) is 0.835. The number of ether oxygens (including phenoxy) is 1. The summed E-state index contributed by atoms with van der Waals surface area (Å²) in [6, 6.07) is 3.00. The predicted octanol–water partition coefficient (Wildman–Crippen LogP) is 1.94. The normalized spacial score (nSPS) is 15.7. The van der Waals surface area contributed by atoms with E-state index in [0.29, 0.717) is 24.1 Å². The van der Waals surface area contributed by atoms with E-state index >= 15 is 0 Å². The number of thiazole rings is 1. The highest BCUT2D eigenvalue weighted by molar-refractivity contribution is 7.11. The van der Waals surface area contributed by atoms with Crippen molar-refractivity contribution in [2.45, 2.75) is 6.10 Å². The molecule has 0 aromatic carbocycles. The summed E-state index contributed by atoms with van der Waals surface area (Å²) in [5.74, 6) is 0.103. The Hall–Kier alpha value is -1.69. The lowest BCUT2D eigenvalue weighted by Crippen LogP contribution is -2.54. The Morgan fingerprint density at radius 3 is 2.94 bits per heavy atom. The Kier molecular flexibility index (Phi) is 2.64. The number of halogens is 1. The van der Waals surface area contributed by atoms with Crippen LogP contribution in [0.2, 0.25) is 0 Å². The van der Waals surface area contributed by atoms with Gasteiger partial charge in [-0.15, -0.1) is 0 Å². The Balaban J connectivity index is 1.60. The first-order valence-corrected chi connectivity index (χ1v) is 6.12. The minimum atomic E-state index is -0.291. The van der Waals surface area contributed by atoms with Gasteiger partial charge in [0.15, 0.2) is 11.6 Å². The van der Waals surface area contributed by atoms with Gasteiger partial charge in [0.2, 0.25) is 0 Å². The number of rotatable bonds is 3. The molecule has 0 aliphatic carbocycles. The number of hydrogen-bond donors (Lipinski definition) is 0. The van der Waals surface area contributed by atoms with Gasteiger partial charge < -0.3 is 9.64 Å². The average molecular weight is 251 g/mol. The van der Waals surface area contributed by atoms with Crippen LogP contribution < -0.4 is 9.64 Å². The van der Waals surface area contributed by atoms with E-state index in [4.69, 9.17) is 4.74 Å². The fraction of sp³-hybridized carbons (Fsp3) is 0.273. The molecule has 0 N–H and O–H groups in total. The van der Waals surface area contributed by atoms with Crippen LogP contribution in [0.5, 0.6) is 5.19 Å². The van der Waals surface area contributed by atoms with Crippen molar-refractivity contribution >= 4 is 17.2 Å².